The summed E-state index contributed by atoms with van der Waals surface area (Å²) in [5.74, 6) is -19.1. The highest BCUT2D eigenvalue weighted by Crippen LogP contribution is 2.23. The Morgan fingerprint density at radius 3 is 0.791 bits per heavy atom. The average molecular weight is 1640 g/mol. The van der Waals surface area contributed by atoms with Crippen molar-refractivity contribution in [3.63, 3.8) is 0 Å². The van der Waals surface area contributed by atoms with E-state index in [2.05, 4.69) is 69.1 Å². The fourth-order valence-corrected chi connectivity index (χ4v) is 12.6. The number of carboxylic acid groups (broad SMARTS) is 3. The molecule has 45 nitrogen and oxygen atoms in total. The molecular weight excluding hydrogens is 1520 g/mol. The van der Waals surface area contributed by atoms with Crippen molar-refractivity contribution < 1.29 is 122 Å². The van der Waals surface area contributed by atoms with Gasteiger partial charge in [-0.25, -0.2) is 0 Å². The van der Waals surface area contributed by atoms with Crippen molar-refractivity contribution >= 4 is 112 Å². The van der Waals surface area contributed by atoms with Gasteiger partial charge in [0.2, 0.25) is 94.5 Å². The second kappa shape index (κ2) is 50.1. The van der Waals surface area contributed by atoms with Gasteiger partial charge in [0.25, 0.3) is 0 Å². The highest BCUT2D eigenvalue weighted by molar-refractivity contribution is 6.01. The van der Waals surface area contributed by atoms with Crippen molar-refractivity contribution in [2.24, 2.45) is 22.9 Å². The van der Waals surface area contributed by atoms with Crippen LogP contribution < -0.4 is 92.1 Å². The molecule has 3 fully saturated rings. The molecule has 45 heteroatoms. The van der Waals surface area contributed by atoms with Crippen LogP contribution in [0.5, 0.6) is 0 Å². The summed E-state index contributed by atoms with van der Waals surface area (Å²) in [4.78, 5) is 257. The third kappa shape index (κ3) is 32.1. The summed E-state index contributed by atoms with van der Waals surface area (Å²) in [7, 11) is 0. The first-order valence-electron chi connectivity index (χ1n) is 38.5. The first kappa shape index (κ1) is 98.8. The van der Waals surface area contributed by atoms with E-state index in [1.54, 1.807) is 0 Å². The van der Waals surface area contributed by atoms with Crippen LogP contribution in [-0.4, -0.2) is 320 Å². The van der Waals surface area contributed by atoms with E-state index in [1.807, 2.05) is 0 Å². The third-order valence-corrected chi connectivity index (χ3v) is 19.4. The second-order valence-corrected chi connectivity index (χ2v) is 28.6. The minimum absolute atomic E-state index is 0.00678. The van der Waals surface area contributed by atoms with Crippen LogP contribution in [0.2, 0.25) is 0 Å². The molecule has 3 aliphatic rings. The minimum Gasteiger partial charge on any atom is -0.481 e. The van der Waals surface area contributed by atoms with Gasteiger partial charge in [0, 0.05) is 32.5 Å². The van der Waals surface area contributed by atoms with E-state index in [9.17, 15) is 122 Å². The van der Waals surface area contributed by atoms with E-state index >= 15 is 0 Å². The summed E-state index contributed by atoms with van der Waals surface area (Å²) in [5.41, 5.74) is 22.6. The van der Waals surface area contributed by atoms with Gasteiger partial charge in [-0.3, -0.25) is 91.1 Å². The van der Waals surface area contributed by atoms with Crippen molar-refractivity contribution in [2.75, 3.05) is 59.1 Å². The zero-order chi connectivity index (χ0) is 86.5. The van der Waals surface area contributed by atoms with E-state index in [4.69, 9.17) is 22.9 Å². The highest BCUT2D eigenvalue weighted by atomic mass is 16.4. The van der Waals surface area contributed by atoms with Crippen LogP contribution in [-0.2, 0) is 91.1 Å². The van der Waals surface area contributed by atoms with E-state index in [-0.39, 0.29) is 96.9 Å². The number of hydrogen-bond acceptors (Lipinski definition) is 26. The predicted molar refractivity (Wildman–Crippen MR) is 403 cm³/mol. The Balaban J connectivity index is 1.69. The van der Waals surface area contributed by atoms with Gasteiger partial charge in [0.15, 0.2) is 0 Å². The number of carbonyl (C=O) groups excluding carboxylic acids is 16. The molecule has 648 valence electrons. The van der Waals surface area contributed by atoms with Crippen LogP contribution in [0.1, 0.15) is 164 Å². The summed E-state index contributed by atoms with van der Waals surface area (Å²) in [6, 6.07) is -24.4. The largest absolute Gasteiger partial charge is 0.481 e. The van der Waals surface area contributed by atoms with Crippen LogP contribution in [0, 0.1) is 0 Å². The molecule has 3 heterocycles. The van der Waals surface area contributed by atoms with Gasteiger partial charge in [-0.1, -0.05) is 0 Å². The summed E-state index contributed by atoms with van der Waals surface area (Å²) in [5, 5.41) is 90.6. The number of unbranched alkanes of at least 4 members (excludes halogenated alkanes) is 3. The number of carboxylic acids is 3. The Bertz CT molecular complexity index is 3410. The molecule has 0 aliphatic carbocycles. The molecule has 0 aromatic heterocycles. The molecule has 0 aromatic carbocycles. The molecule has 115 heavy (non-hydrogen) atoms. The van der Waals surface area contributed by atoms with Gasteiger partial charge < -0.3 is 137 Å². The standard InChI is InChI=1S/C70H118N20O25/c1-35(74)54(98)80-41(16-7-10-26-71)61(105)85-46(32-91)67(111)88-29-13-19-49(88)64(108)77-38(4)57(101)83-44(22-24-52(94)95)59(103)75-36(2)55(99)81-42(17-8-11-27-72)62(106)86-47(33-92)68(112)89-30-14-20-50(89)65(109)78-39(5)58(102)84-45(23-25-53(96)97)60(104)76-37(3)56(100)82-43(18-9-12-28-73)63(107)87-48(34-93)69(113)90-31-15-21-51(90)66(110)79-40(6)70(114)115/h35-51,91-93H,7-34,71-74H2,1-6H3,(H,75,103)(H,76,104)(H,77,108)(H,78,109)(H,79,110)(H,80,98)(H,81,99)(H,82,100)(H,83,101)(H,84,102)(H,85,105)(H,86,106)(H,87,107)(H,94,95)(H,96,97)(H,114,115)/t35-,36-,37-,38-,39-,40-,41-,42-,43-,44-,45-,46-,47-,48-,49-,50-,51-/m0/s1. The van der Waals surface area contributed by atoms with Crippen molar-refractivity contribution in [1.82, 2.24) is 83.8 Å². The molecule has 3 rings (SSSR count). The molecule has 0 unspecified atom stereocenters. The Kier molecular flexibility index (Phi) is 43.1. The second-order valence-electron chi connectivity index (χ2n) is 28.6. The van der Waals surface area contributed by atoms with E-state index in [0.717, 1.165) is 14.7 Å². The molecule has 16 amide bonds. The molecule has 0 bridgehead atoms. The number of amides is 16. The highest BCUT2D eigenvalue weighted by Gasteiger charge is 2.44. The summed E-state index contributed by atoms with van der Waals surface area (Å²) in [6.07, 6.45) is 0.465. The molecule has 0 radical (unpaired) electrons. The van der Waals surface area contributed by atoms with Crippen molar-refractivity contribution in [3.8, 4) is 0 Å². The topological polar surface area (TPSA) is 716 Å². The van der Waals surface area contributed by atoms with Gasteiger partial charge in [0.05, 0.1) is 25.9 Å². The lowest BCUT2D eigenvalue weighted by Crippen LogP contribution is -2.60. The fraction of sp³-hybridized carbons (Fsp3) is 0.729. The third-order valence-electron chi connectivity index (χ3n) is 19.4. The SMILES string of the molecule is C[C@H](N)C(=O)N[C@@H](CCCCN)C(=O)N[C@@H](CO)C(=O)N1CCC[C@H]1C(=O)N[C@@H](C)C(=O)N[C@@H](CCC(=O)O)C(=O)N[C@@H](C)C(=O)N[C@@H](CCCCN)C(=O)N[C@@H](CO)C(=O)N1CCC[C@H]1C(=O)N[C@@H](C)C(=O)N[C@@H](CCC(=O)O)C(=O)N[C@@H](C)C(=O)N[C@@H](CCCCN)C(=O)N[C@@H](CO)C(=O)N1CCC[C@H]1C(=O)N[C@@H](C)C(=O)O. The van der Waals surface area contributed by atoms with Crippen molar-refractivity contribution in [3.05, 3.63) is 0 Å². The molecule has 0 aromatic rings. The van der Waals surface area contributed by atoms with Crippen LogP contribution >= 0.6 is 0 Å². The maximum absolute atomic E-state index is 14.2. The quantitative estimate of drug-likeness (QED) is 0.0252. The lowest BCUT2D eigenvalue weighted by atomic mass is 10.1. The zero-order valence-corrected chi connectivity index (χ0v) is 65.7. The Morgan fingerprint density at radius 1 is 0.313 bits per heavy atom. The van der Waals surface area contributed by atoms with Crippen LogP contribution in [0.25, 0.3) is 0 Å². The Labute approximate surface area is 664 Å². The molecular formula is C70H118N20O25. The smallest absolute Gasteiger partial charge is 0.325 e. The van der Waals surface area contributed by atoms with Crippen molar-refractivity contribution in [1.29, 1.82) is 0 Å². The lowest BCUT2D eigenvalue weighted by Gasteiger charge is -2.30. The van der Waals surface area contributed by atoms with Crippen LogP contribution in [0.4, 0.5) is 0 Å². The summed E-state index contributed by atoms with van der Waals surface area (Å²) < 4.78 is 0. The number of likely N-dealkylation sites (tertiary alicyclic amines) is 3. The molecule has 27 N–H and O–H groups in total. The van der Waals surface area contributed by atoms with Gasteiger partial charge >= 0.3 is 17.9 Å². The number of aliphatic hydroxyl groups is 3. The number of aliphatic hydroxyl groups excluding tert-OH is 3. The van der Waals surface area contributed by atoms with E-state index < -0.39 is 261 Å². The molecule has 17 atom stereocenters. The number of nitrogens with two attached hydrogens (primary N) is 4. The van der Waals surface area contributed by atoms with E-state index in [0.29, 0.717) is 38.6 Å². The lowest BCUT2D eigenvalue weighted by molar-refractivity contribution is -0.145. The monoisotopic (exact) mass is 1640 g/mol. The maximum atomic E-state index is 14.2. The number of rotatable bonds is 51. The fourth-order valence-electron chi connectivity index (χ4n) is 12.6. The first-order chi connectivity index (χ1) is 54.3. The van der Waals surface area contributed by atoms with E-state index in [1.165, 1.54) is 41.5 Å². The summed E-state index contributed by atoms with van der Waals surface area (Å²) >= 11 is 0. The van der Waals surface area contributed by atoms with Gasteiger partial charge in [-0.05, 0) is 170 Å². The first-order valence-corrected chi connectivity index (χ1v) is 38.5. The number of hydrogen-bond donors (Lipinski definition) is 23. The molecule has 3 saturated heterocycles. The zero-order valence-electron chi connectivity index (χ0n) is 65.7. The number of aliphatic carboxylic acids is 3. The normalized spacial score (nSPS) is 18.8. The molecule has 3 aliphatic heterocycles. The number of nitrogens with zero attached hydrogens (tertiary/aromatic N) is 3. The number of carbonyl (C=O) groups is 19. The molecule has 0 saturated carbocycles. The summed E-state index contributed by atoms with van der Waals surface area (Å²) in [6.45, 7) is 5.00. The molecule has 0 spiro atoms. The van der Waals surface area contributed by atoms with Crippen molar-refractivity contribution in [2.45, 2.75) is 266 Å². The Morgan fingerprint density at radius 2 is 0.548 bits per heavy atom. The van der Waals surface area contributed by atoms with Gasteiger partial charge in [0.1, 0.15) is 96.7 Å². The number of nitrogens with one attached hydrogen (secondary N) is 13. The Hall–Kier alpha value is -10.3. The predicted octanol–water partition coefficient (Wildman–Crippen LogP) is -10.1. The minimum atomic E-state index is -1.77. The van der Waals surface area contributed by atoms with Crippen LogP contribution in [0.15, 0.2) is 0 Å². The van der Waals surface area contributed by atoms with Gasteiger partial charge in [-0.15, -0.1) is 0 Å². The maximum Gasteiger partial charge on any atom is 0.325 e. The average Bonchev–Trinajstić information content (AvgIpc) is 1.73. The van der Waals surface area contributed by atoms with Crippen LogP contribution in [0.3, 0.4) is 0 Å². The van der Waals surface area contributed by atoms with Gasteiger partial charge in [-0.2, -0.15) is 0 Å².